The standard InChI is InChI=1S/C19H16N4O3/c1-25-16-9-8-12(20-18(24)17-7-4-10-26-17)11-15(16)23-19-21-13-5-2-3-6-14(13)22-19/h2-11H,1H3,(H,20,24)(H2,21,22,23). The molecular formula is C19H16N4O3. The molecule has 2 aromatic heterocycles. The number of carbonyl (C=O) groups is 1. The molecule has 0 aliphatic heterocycles. The Bertz CT molecular complexity index is 1020. The average Bonchev–Trinajstić information content (AvgIpc) is 3.31. The number of H-pyrrole nitrogens is 1. The molecule has 0 aliphatic rings. The van der Waals surface area contributed by atoms with Crippen LogP contribution in [0.5, 0.6) is 5.75 Å². The molecule has 26 heavy (non-hydrogen) atoms. The summed E-state index contributed by atoms with van der Waals surface area (Å²) >= 11 is 0. The van der Waals surface area contributed by atoms with Gasteiger partial charge in [0.2, 0.25) is 5.95 Å². The molecule has 0 atom stereocenters. The number of carbonyl (C=O) groups excluding carboxylic acids is 1. The lowest BCUT2D eigenvalue weighted by Crippen LogP contribution is -2.11. The van der Waals surface area contributed by atoms with Crippen molar-refractivity contribution in [3.05, 3.63) is 66.6 Å². The molecule has 7 nitrogen and oxygen atoms in total. The molecule has 0 bridgehead atoms. The van der Waals surface area contributed by atoms with E-state index in [1.165, 1.54) is 6.26 Å². The molecule has 1 amide bonds. The second kappa shape index (κ2) is 6.64. The molecule has 130 valence electrons. The zero-order valence-corrected chi connectivity index (χ0v) is 13.9. The second-order valence-corrected chi connectivity index (χ2v) is 5.57. The summed E-state index contributed by atoms with van der Waals surface area (Å²) in [5.74, 6) is 1.13. The Hall–Kier alpha value is -3.74. The Morgan fingerprint density at radius 2 is 2.04 bits per heavy atom. The minimum atomic E-state index is -0.324. The highest BCUT2D eigenvalue weighted by Crippen LogP contribution is 2.30. The van der Waals surface area contributed by atoms with E-state index in [-0.39, 0.29) is 11.7 Å². The van der Waals surface area contributed by atoms with E-state index >= 15 is 0 Å². The quantitative estimate of drug-likeness (QED) is 0.504. The molecule has 0 saturated carbocycles. The topological polar surface area (TPSA) is 92.2 Å². The van der Waals surface area contributed by atoms with Gasteiger partial charge in [-0.25, -0.2) is 4.98 Å². The van der Waals surface area contributed by atoms with Gasteiger partial charge in [0.15, 0.2) is 5.76 Å². The number of nitrogens with zero attached hydrogens (tertiary/aromatic N) is 1. The number of amides is 1. The number of nitrogens with one attached hydrogen (secondary N) is 3. The first-order chi connectivity index (χ1) is 12.7. The Labute approximate surface area is 149 Å². The van der Waals surface area contributed by atoms with Gasteiger partial charge in [0.25, 0.3) is 5.91 Å². The predicted octanol–water partition coefficient (Wildman–Crippen LogP) is 4.16. The average molecular weight is 348 g/mol. The summed E-state index contributed by atoms with van der Waals surface area (Å²) in [5, 5.41) is 5.98. The maximum absolute atomic E-state index is 12.1. The first-order valence-corrected chi connectivity index (χ1v) is 7.97. The van der Waals surface area contributed by atoms with E-state index < -0.39 is 0 Å². The van der Waals surface area contributed by atoms with Crippen LogP contribution in [0.15, 0.2) is 65.3 Å². The highest BCUT2D eigenvalue weighted by molar-refractivity contribution is 6.02. The summed E-state index contributed by atoms with van der Waals surface area (Å²) in [6, 6.07) is 16.3. The number of para-hydroxylation sites is 2. The highest BCUT2D eigenvalue weighted by Gasteiger charge is 2.12. The molecule has 0 radical (unpaired) electrons. The van der Waals surface area contributed by atoms with Gasteiger partial charge in [-0.05, 0) is 42.5 Å². The fourth-order valence-corrected chi connectivity index (χ4v) is 2.62. The molecule has 4 aromatic rings. The number of ether oxygens (including phenoxy) is 1. The Balaban J connectivity index is 1.60. The molecule has 0 unspecified atom stereocenters. The van der Waals surface area contributed by atoms with Gasteiger partial charge in [0, 0.05) is 5.69 Å². The highest BCUT2D eigenvalue weighted by atomic mass is 16.5. The number of imidazole rings is 1. The number of hydrogen-bond acceptors (Lipinski definition) is 5. The molecule has 2 aromatic carbocycles. The van der Waals surface area contributed by atoms with Crippen LogP contribution in [0.1, 0.15) is 10.6 Å². The maximum Gasteiger partial charge on any atom is 0.291 e. The van der Waals surface area contributed by atoms with Crippen LogP contribution in [0.4, 0.5) is 17.3 Å². The van der Waals surface area contributed by atoms with Gasteiger partial charge in [-0.3, -0.25) is 4.79 Å². The second-order valence-electron chi connectivity index (χ2n) is 5.57. The minimum Gasteiger partial charge on any atom is -0.495 e. The zero-order valence-electron chi connectivity index (χ0n) is 13.9. The van der Waals surface area contributed by atoms with E-state index in [0.29, 0.717) is 23.1 Å². The Morgan fingerprint density at radius 1 is 1.15 bits per heavy atom. The van der Waals surface area contributed by atoms with Crippen molar-refractivity contribution in [2.75, 3.05) is 17.7 Å². The van der Waals surface area contributed by atoms with Crippen molar-refractivity contribution in [2.45, 2.75) is 0 Å². The van der Waals surface area contributed by atoms with E-state index in [1.54, 1.807) is 37.4 Å². The third kappa shape index (κ3) is 3.10. The third-order valence-corrected chi connectivity index (χ3v) is 3.84. The largest absolute Gasteiger partial charge is 0.495 e. The maximum atomic E-state index is 12.1. The van der Waals surface area contributed by atoms with Crippen LogP contribution in [0, 0.1) is 0 Å². The number of fused-ring (bicyclic) bond motifs is 1. The molecular weight excluding hydrogens is 332 g/mol. The lowest BCUT2D eigenvalue weighted by Gasteiger charge is -2.12. The van der Waals surface area contributed by atoms with Crippen LogP contribution in [0.3, 0.4) is 0 Å². The van der Waals surface area contributed by atoms with E-state index in [2.05, 4.69) is 20.6 Å². The van der Waals surface area contributed by atoms with Crippen LogP contribution < -0.4 is 15.4 Å². The monoisotopic (exact) mass is 348 g/mol. The smallest absolute Gasteiger partial charge is 0.291 e. The van der Waals surface area contributed by atoms with Crippen molar-refractivity contribution in [3.8, 4) is 5.75 Å². The molecule has 0 saturated heterocycles. The summed E-state index contributed by atoms with van der Waals surface area (Å²) in [5.41, 5.74) is 3.06. The molecule has 7 heteroatoms. The van der Waals surface area contributed by atoms with Crippen molar-refractivity contribution in [1.29, 1.82) is 0 Å². The third-order valence-electron chi connectivity index (χ3n) is 3.84. The summed E-state index contributed by atoms with van der Waals surface area (Å²) in [7, 11) is 1.58. The van der Waals surface area contributed by atoms with Crippen molar-refractivity contribution < 1.29 is 13.9 Å². The summed E-state index contributed by atoms with van der Waals surface area (Å²) in [4.78, 5) is 19.8. The molecule has 4 rings (SSSR count). The number of benzene rings is 2. The lowest BCUT2D eigenvalue weighted by molar-refractivity contribution is 0.0996. The number of anilines is 3. The van der Waals surface area contributed by atoms with Crippen LogP contribution in [0.25, 0.3) is 11.0 Å². The van der Waals surface area contributed by atoms with E-state index in [4.69, 9.17) is 9.15 Å². The predicted molar refractivity (Wildman–Crippen MR) is 99.0 cm³/mol. The number of hydrogen-bond donors (Lipinski definition) is 3. The van der Waals surface area contributed by atoms with Crippen molar-refractivity contribution >= 4 is 34.3 Å². The summed E-state index contributed by atoms with van der Waals surface area (Å²) in [6.45, 7) is 0. The normalized spacial score (nSPS) is 10.7. The first kappa shape index (κ1) is 15.8. The zero-order chi connectivity index (χ0) is 17.9. The SMILES string of the molecule is COc1ccc(NC(=O)c2ccco2)cc1Nc1nc2ccccc2[nH]1. The van der Waals surface area contributed by atoms with E-state index in [9.17, 15) is 4.79 Å². The lowest BCUT2D eigenvalue weighted by atomic mass is 10.2. The number of rotatable bonds is 5. The van der Waals surface area contributed by atoms with Gasteiger partial charge in [-0.1, -0.05) is 12.1 Å². The minimum absolute atomic E-state index is 0.243. The Morgan fingerprint density at radius 3 is 2.81 bits per heavy atom. The van der Waals surface area contributed by atoms with Gasteiger partial charge in [0.1, 0.15) is 5.75 Å². The van der Waals surface area contributed by atoms with E-state index in [0.717, 1.165) is 11.0 Å². The fourth-order valence-electron chi connectivity index (χ4n) is 2.62. The molecule has 0 spiro atoms. The number of furan rings is 1. The van der Waals surface area contributed by atoms with Crippen molar-refractivity contribution in [2.24, 2.45) is 0 Å². The van der Waals surface area contributed by atoms with Gasteiger partial charge in [0.05, 0.1) is 30.1 Å². The van der Waals surface area contributed by atoms with E-state index in [1.807, 2.05) is 24.3 Å². The molecule has 3 N–H and O–H groups in total. The van der Waals surface area contributed by atoms with Gasteiger partial charge in [-0.15, -0.1) is 0 Å². The summed E-state index contributed by atoms with van der Waals surface area (Å²) in [6.07, 6.45) is 1.46. The molecule has 0 aliphatic carbocycles. The van der Waals surface area contributed by atoms with Gasteiger partial charge >= 0.3 is 0 Å². The van der Waals surface area contributed by atoms with Gasteiger partial charge in [-0.2, -0.15) is 0 Å². The van der Waals surface area contributed by atoms with Crippen molar-refractivity contribution in [1.82, 2.24) is 9.97 Å². The van der Waals surface area contributed by atoms with Crippen LogP contribution in [0.2, 0.25) is 0 Å². The first-order valence-electron chi connectivity index (χ1n) is 7.97. The van der Waals surface area contributed by atoms with Crippen LogP contribution in [-0.2, 0) is 0 Å². The Kier molecular flexibility index (Phi) is 4.03. The fraction of sp³-hybridized carbons (Fsp3) is 0.0526. The van der Waals surface area contributed by atoms with Crippen molar-refractivity contribution in [3.63, 3.8) is 0 Å². The number of methoxy groups -OCH3 is 1. The van der Waals surface area contributed by atoms with Crippen LogP contribution >= 0.6 is 0 Å². The number of aromatic amines is 1. The molecule has 0 fully saturated rings. The number of aromatic nitrogens is 2. The molecule has 2 heterocycles. The summed E-state index contributed by atoms with van der Waals surface area (Å²) < 4.78 is 10.5. The van der Waals surface area contributed by atoms with Gasteiger partial charge < -0.3 is 24.8 Å². The van der Waals surface area contributed by atoms with Crippen LogP contribution in [-0.4, -0.2) is 23.0 Å².